The first kappa shape index (κ1) is 14.3. The van der Waals surface area contributed by atoms with Gasteiger partial charge in [-0.3, -0.25) is 0 Å². The standard InChI is InChI=1S/C15H25N3O/c1-12(2)16-10-13-6-7-15(17-11-13)18(8-9-19)14-4-3-5-14/h6-7,11-12,14,16,19H,3-5,8-10H2,1-2H3. The number of hydrogen-bond acceptors (Lipinski definition) is 4. The van der Waals surface area contributed by atoms with E-state index in [0.29, 0.717) is 18.6 Å². The van der Waals surface area contributed by atoms with E-state index in [1.807, 2.05) is 6.20 Å². The van der Waals surface area contributed by atoms with Crippen LogP contribution in [0.5, 0.6) is 0 Å². The zero-order chi connectivity index (χ0) is 13.7. The summed E-state index contributed by atoms with van der Waals surface area (Å²) < 4.78 is 0. The van der Waals surface area contributed by atoms with Crippen molar-refractivity contribution in [3.8, 4) is 0 Å². The molecule has 4 heteroatoms. The van der Waals surface area contributed by atoms with E-state index in [1.165, 1.54) is 24.8 Å². The topological polar surface area (TPSA) is 48.4 Å². The second kappa shape index (κ2) is 6.87. The molecule has 0 aliphatic heterocycles. The summed E-state index contributed by atoms with van der Waals surface area (Å²) in [6, 6.07) is 5.26. The molecule has 0 unspecified atom stereocenters. The highest BCUT2D eigenvalue weighted by atomic mass is 16.3. The van der Waals surface area contributed by atoms with Gasteiger partial charge in [0.25, 0.3) is 0 Å². The lowest BCUT2D eigenvalue weighted by atomic mass is 9.91. The van der Waals surface area contributed by atoms with Crippen molar-refractivity contribution in [3.63, 3.8) is 0 Å². The van der Waals surface area contributed by atoms with Crippen LogP contribution in [0.1, 0.15) is 38.7 Å². The molecule has 2 N–H and O–H groups in total. The zero-order valence-electron chi connectivity index (χ0n) is 12.0. The molecule has 19 heavy (non-hydrogen) atoms. The maximum atomic E-state index is 9.19. The normalized spacial score (nSPS) is 15.6. The number of hydrogen-bond donors (Lipinski definition) is 2. The Morgan fingerprint density at radius 3 is 2.68 bits per heavy atom. The number of rotatable bonds is 7. The Morgan fingerprint density at radius 2 is 2.21 bits per heavy atom. The molecule has 0 saturated heterocycles. The highest BCUT2D eigenvalue weighted by Crippen LogP contribution is 2.28. The molecule has 1 aliphatic carbocycles. The van der Waals surface area contributed by atoms with Crippen LogP contribution >= 0.6 is 0 Å². The van der Waals surface area contributed by atoms with Gasteiger partial charge in [0.1, 0.15) is 5.82 Å². The van der Waals surface area contributed by atoms with Gasteiger partial charge >= 0.3 is 0 Å². The number of nitrogens with one attached hydrogen (secondary N) is 1. The van der Waals surface area contributed by atoms with E-state index in [0.717, 1.165) is 12.4 Å². The number of aliphatic hydroxyl groups excluding tert-OH is 1. The molecule has 2 rings (SSSR count). The van der Waals surface area contributed by atoms with E-state index >= 15 is 0 Å². The summed E-state index contributed by atoms with van der Waals surface area (Å²) in [6.45, 7) is 6.01. The Labute approximate surface area is 115 Å². The first-order chi connectivity index (χ1) is 9.20. The van der Waals surface area contributed by atoms with E-state index in [9.17, 15) is 5.11 Å². The molecule has 1 heterocycles. The maximum absolute atomic E-state index is 9.19. The Bertz CT molecular complexity index is 373. The van der Waals surface area contributed by atoms with Crippen LogP contribution in [-0.2, 0) is 6.54 Å². The van der Waals surface area contributed by atoms with Crippen molar-refractivity contribution in [3.05, 3.63) is 23.9 Å². The highest BCUT2D eigenvalue weighted by molar-refractivity contribution is 5.41. The van der Waals surface area contributed by atoms with Crippen LogP contribution < -0.4 is 10.2 Å². The van der Waals surface area contributed by atoms with Crippen LogP contribution in [0.4, 0.5) is 5.82 Å². The second-order valence-corrected chi connectivity index (χ2v) is 5.56. The van der Waals surface area contributed by atoms with Gasteiger partial charge in [0.2, 0.25) is 0 Å². The molecule has 1 saturated carbocycles. The molecule has 0 radical (unpaired) electrons. The third-order valence-corrected chi connectivity index (χ3v) is 3.67. The summed E-state index contributed by atoms with van der Waals surface area (Å²) in [7, 11) is 0. The smallest absolute Gasteiger partial charge is 0.128 e. The molecule has 1 aromatic heterocycles. The van der Waals surface area contributed by atoms with E-state index in [-0.39, 0.29) is 6.61 Å². The highest BCUT2D eigenvalue weighted by Gasteiger charge is 2.25. The van der Waals surface area contributed by atoms with Gasteiger partial charge in [-0.25, -0.2) is 4.98 Å². The van der Waals surface area contributed by atoms with Gasteiger partial charge in [0.15, 0.2) is 0 Å². The average Bonchev–Trinajstić information content (AvgIpc) is 2.34. The summed E-state index contributed by atoms with van der Waals surface area (Å²) in [5.74, 6) is 0.993. The lowest BCUT2D eigenvalue weighted by Gasteiger charge is -2.38. The van der Waals surface area contributed by atoms with Crippen molar-refractivity contribution in [1.82, 2.24) is 10.3 Å². The molecular weight excluding hydrogens is 238 g/mol. The van der Waals surface area contributed by atoms with Crippen molar-refractivity contribution < 1.29 is 5.11 Å². The van der Waals surface area contributed by atoms with Crippen molar-refractivity contribution in [2.45, 2.75) is 51.7 Å². The van der Waals surface area contributed by atoms with Gasteiger partial charge in [0, 0.05) is 31.4 Å². The van der Waals surface area contributed by atoms with E-state index in [4.69, 9.17) is 0 Å². The van der Waals surface area contributed by atoms with Gasteiger partial charge in [0.05, 0.1) is 6.61 Å². The molecule has 106 valence electrons. The fourth-order valence-electron chi connectivity index (χ4n) is 2.30. The molecular formula is C15H25N3O. The Morgan fingerprint density at radius 1 is 1.42 bits per heavy atom. The molecule has 4 nitrogen and oxygen atoms in total. The minimum atomic E-state index is 0.189. The van der Waals surface area contributed by atoms with Gasteiger partial charge in [-0.2, -0.15) is 0 Å². The monoisotopic (exact) mass is 263 g/mol. The number of nitrogens with zero attached hydrogens (tertiary/aromatic N) is 2. The van der Waals surface area contributed by atoms with Gasteiger partial charge in [-0.1, -0.05) is 19.9 Å². The van der Waals surface area contributed by atoms with Crippen LogP contribution in [0, 0.1) is 0 Å². The molecule has 0 amide bonds. The fourth-order valence-corrected chi connectivity index (χ4v) is 2.30. The molecule has 0 aromatic carbocycles. The summed E-state index contributed by atoms with van der Waals surface area (Å²) >= 11 is 0. The van der Waals surface area contributed by atoms with Crippen molar-refractivity contribution in [2.75, 3.05) is 18.1 Å². The summed E-state index contributed by atoms with van der Waals surface area (Å²) in [5.41, 5.74) is 1.20. The number of pyridine rings is 1. The summed E-state index contributed by atoms with van der Waals surface area (Å²) in [5, 5.41) is 12.6. The minimum absolute atomic E-state index is 0.189. The second-order valence-electron chi connectivity index (χ2n) is 5.56. The predicted octanol–water partition coefficient (Wildman–Crippen LogP) is 1.93. The lowest BCUT2D eigenvalue weighted by molar-refractivity contribution is 0.283. The maximum Gasteiger partial charge on any atom is 0.128 e. The van der Waals surface area contributed by atoms with Crippen LogP contribution in [-0.4, -0.2) is 35.3 Å². The molecule has 0 bridgehead atoms. The minimum Gasteiger partial charge on any atom is -0.395 e. The summed E-state index contributed by atoms with van der Waals surface area (Å²) in [4.78, 5) is 6.79. The Balaban J connectivity index is 1.98. The first-order valence-electron chi connectivity index (χ1n) is 7.26. The van der Waals surface area contributed by atoms with Crippen LogP contribution in [0.25, 0.3) is 0 Å². The van der Waals surface area contributed by atoms with Gasteiger partial charge in [-0.05, 0) is 30.9 Å². The van der Waals surface area contributed by atoms with Gasteiger partial charge < -0.3 is 15.3 Å². The quantitative estimate of drug-likeness (QED) is 0.789. The van der Waals surface area contributed by atoms with E-state index in [2.05, 4.69) is 41.2 Å². The first-order valence-corrected chi connectivity index (χ1v) is 7.26. The third-order valence-electron chi connectivity index (χ3n) is 3.67. The molecule has 1 aliphatic rings. The summed E-state index contributed by atoms with van der Waals surface area (Å²) in [6.07, 6.45) is 5.67. The number of anilines is 1. The molecule has 1 fully saturated rings. The van der Waals surface area contributed by atoms with Crippen LogP contribution in [0.3, 0.4) is 0 Å². The lowest BCUT2D eigenvalue weighted by Crippen LogP contribution is -2.42. The van der Waals surface area contributed by atoms with E-state index in [1.54, 1.807) is 0 Å². The Hall–Kier alpha value is -1.13. The number of aliphatic hydroxyl groups is 1. The predicted molar refractivity (Wildman–Crippen MR) is 78.3 cm³/mol. The van der Waals surface area contributed by atoms with Crippen molar-refractivity contribution in [2.24, 2.45) is 0 Å². The van der Waals surface area contributed by atoms with Gasteiger partial charge in [-0.15, -0.1) is 0 Å². The largest absolute Gasteiger partial charge is 0.395 e. The molecule has 0 atom stereocenters. The number of aromatic nitrogens is 1. The Kier molecular flexibility index (Phi) is 5.16. The average molecular weight is 263 g/mol. The third kappa shape index (κ3) is 3.91. The fraction of sp³-hybridized carbons (Fsp3) is 0.667. The van der Waals surface area contributed by atoms with Crippen LogP contribution in [0.2, 0.25) is 0 Å². The molecule has 0 spiro atoms. The van der Waals surface area contributed by atoms with Crippen LogP contribution in [0.15, 0.2) is 18.3 Å². The van der Waals surface area contributed by atoms with Crippen molar-refractivity contribution in [1.29, 1.82) is 0 Å². The van der Waals surface area contributed by atoms with Crippen molar-refractivity contribution >= 4 is 5.82 Å². The SMILES string of the molecule is CC(C)NCc1ccc(N(CCO)C2CCC2)nc1. The molecule has 1 aromatic rings. The zero-order valence-corrected chi connectivity index (χ0v) is 12.0. The van der Waals surface area contributed by atoms with E-state index < -0.39 is 0 Å².